The molecule has 1 N–H and O–H groups in total. The molecule has 1 aromatic heterocycles. The quantitative estimate of drug-likeness (QED) is 0.912. The minimum Gasteiger partial charge on any atom is -0.306 e. The van der Waals surface area contributed by atoms with Crippen molar-refractivity contribution in [2.75, 3.05) is 6.54 Å². The summed E-state index contributed by atoms with van der Waals surface area (Å²) in [4.78, 5) is 5.52. The van der Waals surface area contributed by atoms with E-state index in [2.05, 4.69) is 10.3 Å². The lowest BCUT2D eigenvalue weighted by molar-refractivity contribution is 0.561. The summed E-state index contributed by atoms with van der Waals surface area (Å²) >= 11 is 1.63. The van der Waals surface area contributed by atoms with E-state index in [0.717, 1.165) is 22.1 Å². The van der Waals surface area contributed by atoms with Crippen LogP contribution in [0.1, 0.15) is 34.1 Å². The van der Waals surface area contributed by atoms with Gasteiger partial charge in [0.05, 0.1) is 16.7 Å². The van der Waals surface area contributed by atoms with Crippen LogP contribution in [0.3, 0.4) is 0 Å². The highest BCUT2D eigenvalue weighted by Gasteiger charge is 2.21. The smallest absolute Gasteiger partial charge is 0.128 e. The number of aryl methyl sites for hydroxylation is 2. The van der Waals surface area contributed by atoms with Gasteiger partial charge < -0.3 is 5.32 Å². The fraction of sp³-hybridized carbons (Fsp3) is 0.357. The maximum atomic E-state index is 13.9. The topological polar surface area (TPSA) is 24.9 Å². The van der Waals surface area contributed by atoms with E-state index in [4.69, 9.17) is 0 Å². The van der Waals surface area contributed by atoms with Crippen LogP contribution < -0.4 is 5.32 Å². The van der Waals surface area contributed by atoms with Gasteiger partial charge >= 0.3 is 0 Å². The van der Waals surface area contributed by atoms with Gasteiger partial charge in [-0.3, -0.25) is 0 Å². The lowest BCUT2D eigenvalue weighted by atomic mass is 10.0. The van der Waals surface area contributed by atoms with Crippen LogP contribution in [0.25, 0.3) is 0 Å². The van der Waals surface area contributed by atoms with E-state index in [9.17, 15) is 4.39 Å². The van der Waals surface area contributed by atoms with E-state index in [-0.39, 0.29) is 11.9 Å². The Morgan fingerprint density at radius 1 is 1.33 bits per heavy atom. The van der Waals surface area contributed by atoms with Crippen molar-refractivity contribution in [2.24, 2.45) is 0 Å². The molecule has 0 spiro atoms. The van der Waals surface area contributed by atoms with Gasteiger partial charge in [-0.1, -0.05) is 25.1 Å². The van der Waals surface area contributed by atoms with Crippen molar-refractivity contribution in [3.05, 3.63) is 51.2 Å². The lowest BCUT2D eigenvalue weighted by Crippen LogP contribution is -2.22. The highest BCUT2D eigenvalue weighted by molar-refractivity contribution is 7.11. The number of aromatic nitrogens is 1. The summed E-state index contributed by atoms with van der Waals surface area (Å²) in [6.07, 6.45) is 0. The van der Waals surface area contributed by atoms with E-state index in [1.807, 2.05) is 32.9 Å². The first-order chi connectivity index (χ1) is 8.63. The average Bonchev–Trinajstić information content (AvgIpc) is 2.66. The number of thiazole rings is 1. The van der Waals surface area contributed by atoms with Crippen molar-refractivity contribution in [1.82, 2.24) is 10.3 Å². The molecule has 0 saturated carbocycles. The Balaban J connectivity index is 2.46. The number of halogens is 1. The zero-order valence-corrected chi connectivity index (χ0v) is 11.6. The van der Waals surface area contributed by atoms with Crippen LogP contribution >= 0.6 is 11.3 Å². The van der Waals surface area contributed by atoms with Gasteiger partial charge in [0.15, 0.2) is 0 Å². The summed E-state index contributed by atoms with van der Waals surface area (Å²) in [5.41, 5.74) is 1.66. The minimum atomic E-state index is -0.172. The van der Waals surface area contributed by atoms with Crippen molar-refractivity contribution < 1.29 is 4.39 Å². The number of rotatable bonds is 4. The normalized spacial score (nSPS) is 12.7. The molecule has 0 bridgehead atoms. The molecule has 0 aliphatic rings. The number of hydrogen-bond donors (Lipinski definition) is 1. The molecule has 0 aliphatic heterocycles. The molecule has 1 heterocycles. The fourth-order valence-electron chi connectivity index (χ4n) is 2.07. The molecule has 0 saturated heterocycles. The van der Waals surface area contributed by atoms with Crippen molar-refractivity contribution >= 4 is 11.3 Å². The predicted molar refractivity (Wildman–Crippen MR) is 73.5 cm³/mol. The SMILES string of the molecule is CCNC(c1ccccc1F)c1sc(C)nc1C. The van der Waals surface area contributed by atoms with E-state index in [1.165, 1.54) is 6.07 Å². The molecule has 0 amide bonds. The average molecular weight is 264 g/mol. The Hall–Kier alpha value is -1.26. The zero-order valence-electron chi connectivity index (χ0n) is 10.8. The van der Waals surface area contributed by atoms with Crippen LogP contribution in [0, 0.1) is 19.7 Å². The maximum Gasteiger partial charge on any atom is 0.128 e. The maximum absolute atomic E-state index is 13.9. The molecular formula is C14H17FN2S. The molecule has 4 heteroatoms. The third-order valence-corrected chi connectivity index (χ3v) is 3.96. The van der Waals surface area contributed by atoms with Crippen LogP contribution in [0.5, 0.6) is 0 Å². The second-order valence-electron chi connectivity index (χ2n) is 4.19. The number of nitrogens with zero attached hydrogens (tertiary/aromatic N) is 1. The van der Waals surface area contributed by atoms with E-state index < -0.39 is 0 Å². The Bertz CT molecular complexity index is 536. The van der Waals surface area contributed by atoms with Crippen LogP contribution in [0.4, 0.5) is 4.39 Å². The molecule has 0 fully saturated rings. The summed E-state index contributed by atoms with van der Waals surface area (Å²) in [6.45, 7) is 6.77. The summed E-state index contributed by atoms with van der Waals surface area (Å²) in [7, 11) is 0. The Labute approximate surface area is 111 Å². The van der Waals surface area contributed by atoms with Crippen molar-refractivity contribution in [3.63, 3.8) is 0 Å². The molecule has 2 nitrogen and oxygen atoms in total. The third kappa shape index (κ3) is 2.60. The van der Waals surface area contributed by atoms with Crippen molar-refractivity contribution in [3.8, 4) is 0 Å². The Kier molecular flexibility index (Phi) is 4.09. The molecular weight excluding hydrogens is 247 g/mol. The first-order valence-corrected chi connectivity index (χ1v) is 6.86. The van der Waals surface area contributed by atoms with Crippen LogP contribution in [-0.2, 0) is 0 Å². The van der Waals surface area contributed by atoms with Gasteiger partial charge in [0.2, 0.25) is 0 Å². The molecule has 2 rings (SSSR count). The van der Waals surface area contributed by atoms with Crippen LogP contribution in [0.2, 0.25) is 0 Å². The molecule has 1 atom stereocenters. The standard InChI is InChI=1S/C14H17FN2S/c1-4-16-13(11-7-5-6-8-12(11)15)14-9(2)17-10(3)18-14/h5-8,13,16H,4H2,1-3H3. The molecule has 2 aromatic rings. The molecule has 1 unspecified atom stereocenters. The number of hydrogen-bond acceptors (Lipinski definition) is 3. The molecule has 18 heavy (non-hydrogen) atoms. The van der Waals surface area contributed by atoms with Gasteiger partial charge in [0.25, 0.3) is 0 Å². The number of nitrogens with one attached hydrogen (secondary N) is 1. The molecule has 96 valence electrons. The van der Waals surface area contributed by atoms with Gasteiger partial charge in [-0.2, -0.15) is 0 Å². The minimum absolute atomic E-state index is 0.109. The second-order valence-corrected chi connectivity index (χ2v) is 5.43. The van der Waals surface area contributed by atoms with Gasteiger partial charge in [0.1, 0.15) is 5.82 Å². The first-order valence-electron chi connectivity index (χ1n) is 6.05. The van der Waals surface area contributed by atoms with Gasteiger partial charge in [0, 0.05) is 10.4 Å². The van der Waals surface area contributed by atoms with Crippen LogP contribution in [-0.4, -0.2) is 11.5 Å². The summed E-state index contributed by atoms with van der Waals surface area (Å²) in [6, 6.07) is 6.81. The summed E-state index contributed by atoms with van der Waals surface area (Å²) in [5.74, 6) is -0.172. The van der Waals surface area contributed by atoms with E-state index in [1.54, 1.807) is 17.4 Å². The Morgan fingerprint density at radius 2 is 2.06 bits per heavy atom. The monoisotopic (exact) mass is 264 g/mol. The zero-order chi connectivity index (χ0) is 13.1. The Morgan fingerprint density at radius 3 is 2.61 bits per heavy atom. The fourth-order valence-corrected chi connectivity index (χ4v) is 3.09. The highest BCUT2D eigenvalue weighted by atomic mass is 32.1. The summed E-state index contributed by atoms with van der Waals surface area (Å²) in [5, 5.41) is 4.36. The van der Waals surface area contributed by atoms with E-state index >= 15 is 0 Å². The second kappa shape index (κ2) is 5.59. The lowest BCUT2D eigenvalue weighted by Gasteiger charge is -2.18. The van der Waals surface area contributed by atoms with Crippen molar-refractivity contribution in [2.45, 2.75) is 26.8 Å². The van der Waals surface area contributed by atoms with E-state index in [0.29, 0.717) is 5.56 Å². The largest absolute Gasteiger partial charge is 0.306 e. The number of benzene rings is 1. The molecule has 0 radical (unpaired) electrons. The van der Waals surface area contributed by atoms with Crippen molar-refractivity contribution in [1.29, 1.82) is 0 Å². The third-order valence-electron chi connectivity index (χ3n) is 2.83. The van der Waals surface area contributed by atoms with Crippen LogP contribution in [0.15, 0.2) is 24.3 Å². The van der Waals surface area contributed by atoms with Gasteiger partial charge in [-0.05, 0) is 26.5 Å². The molecule has 0 aliphatic carbocycles. The van der Waals surface area contributed by atoms with Gasteiger partial charge in [-0.25, -0.2) is 9.37 Å². The highest BCUT2D eigenvalue weighted by Crippen LogP contribution is 2.31. The predicted octanol–water partition coefficient (Wildman–Crippen LogP) is 3.60. The first kappa shape index (κ1) is 13.2. The summed E-state index contributed by atoms with van der Waals surface area (Å²) < 4.78 is 13.9. The van der Waals surface area contributed by atoms with Gasteiger partial charge in [-0.15, -0.1) is 11.3 Å². The molecule has 1 aromatic carbocycles.